The minimum absolute atomic E-state index is 0.112. The molecule has 0 aromatic carbocycles. The molecule has 0 radical (unpaired) electrons. The third kappa shape index (κ3) is 4.23. The Morgan fingerprint density at radius 2 is 2.24 bits per heavy atom. The lowest BCUT2D eigenvalue weighted by Gasteiger charge is -2.34. The molecule has 8 heteroatoms. The van der Waals surface area contributed by atoms with E-state index in [0.29, 0.717) is 5.92 Å². The molecule has 25 heavy (non-hydrogen) atoms. The minimum atomic E-state index is -0.343. The molecule has 1 amide bonds. The van der Waals surface area contributed by atoms with Gasteiger partial charge in [-0.05, 0) is 25.0 Å². The van der Waals surface area contributed by atoms with E-state index in [-0.39, 0.29) is 11.3 Å². The second-order valence-corrected chi connectivity index (χ2v) is 9.50. The largest absolute Gasteiger partial charge is 0.355 e. The quantitative estimate of drug-likeness (QED) is 0.823. The Morgan fingerprint density at radius 3 is 2.96 bits per heavy atom. The summed E-state index contributed by atoms with van der Waals surface area (Å²) in [5, 5.41) is 3.10. The van der Waals surface area contributed by atoms with Crippen LogP contribution in [0.4, 0.5) is 5.82 Å². The highest BCUT2D eigenvalue weighted by molar-refractivity contribution is 8.00. The zero-order valence-corrected chi connectivity index (χ0v) is 16.8. The van der Waals surface area contributed by atoms with Crippen molar-refractivity contribution in [3.8, 4) is 0 Å². The molecule has 1 unspecified atom stereocenters. The maximum Gasteiger partial charge on any atom is 0.225 e. The van der Waals surface area contributed by atoms with Gasteiger partial charge >= 0.3 is 0 Å². The lowest BCUT2D eigenvalue weighted by Crippen LogP contribution is -2.43. The molecule has 0 bridgehead atoms. The zero-order chi connectivity index (χ0) is 18.0. The number of carbonyl (C=O) groups is 1. The number of nitrogens with one attached hydrogen (secondary N) is 1. The molecule has 136 valence electrons. The summed E-state index contributed by atoms with van der Waals surface area (Å²) >= 11 is 3.29. The average molecular weight is 380 g/mol. The molecule has 1 aliphatic heterocycles. The van der Waals surface area contributed by atoms with Crippen LogP contribution in [0.1, 0.15) is 33.6 Å². The highest BCUT2D eigenvalue weighted by atomic mass is 32.2. The summed E-state index contributed by atoms with van der Waals surface area (Å²) in [4.78, 5) is 27.8. The van der Waals surface area contributed by atoms with Crippen molar-refractivity contribution in [2.75, 3.05) is 30.8 Å². The van der Waals surface area contributed by atoms with E-state index in [9.17, 15) is 4.79 Å². The number of thioether (sulfide) groups is 1. The predicted octanol–water partition coefficient (Wildman–Crippen LogP) is 3.19. The Hall–Kier alpha value is -1.41. The summed E-state index contributed by atoms with van der Waals surface area (Å²) in [6, 6.07) is 0. The van der Waals surface area contributed by atoms with E-state index in [4.69, 9.17) is 0 Å². The topological polar surface area (TPSA) is 71.0 Å². The third-order valence-electron chi connectivity index (χ3n) is 4.38. The van der Waals surface area contributed by atoms with Crippen LogP contribution >= 0.6 is 23.1 Å². The second kappa shape index (κ2) is 7.45. The average Bonchev–Trinajstić information content (AvgIpc) is 3.02. The molecule has 6 nitrogen and oxygen atoms in total. The number of nitrogens with zero attached hydrogens (tertiary/aromatic N) is 4. The molecular weight excluding hydrogens is 354 g/mol. The number of carbonyl (C=O) groups excluding carboxylic acids is 1. The van der Waals surface area contributed by atoms with Crippen LogP contribution in [-0.2, 0) is 4.79 Å². The SMILES string of the molecule is CSc1nc2ncnc(N3CCCC(CNC(=O)C(C)(C)C)C3)c2s1. The summed E-state index contributed by atoms with van der Waals surface area (Å²) in [5.41, 5.74) is 0.437. The van der Waals surface area contributed by atoms with Crippen LogP contribution in [0.2, 0.25) is 0 Å². The van der Waals surface area contributed by atoms with Gasteiger partial charge < -0.3 is 10.2 Å². The monoisotopic (exact) mass is 379 g/mol. The first kappa shape index (κ1) is 18.4. The Kier molecular flexibility index (Phi) is 5.48. The summed E-state index contributed by atoms with van der Waals surface area (Å²) in [6.07, 6.45) is 5.87. The molecule has 1 aliphatic rings. The molecule has 1 saturated heterocycles. The molecular formula is C17H25N5OS2. The van der Waals surface area contributed by atoms with Gasteiger partial charge in [-0.25, -0.2) is 15.0 Å². The molecule has 2 aromatic heterocycles. The number of hydrogen-bond donors (Lipinski definition) is 1. The lowest BCUT2D eigenvalue weighted by molar-refractivity contribution is -0.128. The molecule has 3 heterocycles. The molecule has 1 atom stereocenters. The number of anilines is 1. The van der Waals surface area contributed by atoms with Gasteiger partial charge in [-0.3, -0.25) is 4.79 Å². The van der Waals surface area contributed by atoms with Crippen molar-refractivity contribution in [1.82, 2.24) is 20.3 Å². The first-order valence-corrected chi connectivity index (χ1v) is 10.6. The highest BCUT2D eigenvalue weighted by Crippen LogP contribution is 2.34. The maximum absolute atomic E-state index is 12.1. The van der Waals surface area contributed by atoms with Gasteiger partial charge in [-0.1, -0.05) is 32.5 Å². The molecule has 1 N–H and O–H groups in total. The smallest absolute Gasteiger partial charge is 0.225 e. The third-order valence-corrected chi connectivity index (χ3v) is 6.40. The number of thiazole rings is 1. The Balaban J connectivity index is 1.71. The van der Waals surface area contributed by atoms with Crippen LogP contribution in [0.25, 0.3) is 10.3 Å². The fourth-order valence-electron chi connectivity index (χ4n) is 2.96. The van der Waals surface area contributed by atoms with Crippen molar-refractivity contribution >= 4 is 45.2 Å². The summed E-state index contributed by atoms with van der Waals surface area (Å²) in [6.45, 7) is 8.45. The molecule has 0 aliphatic carbocycles. The van der Waals surface area contributed by atoms with Crippen LogP contribution in [0, 0.1) is 11.3 Å². The summed E-state index contributed by atoms with van der Waals surface area (Å²) in [5.74, 6) is 1.54. The van der Waals surface area contributed by atoms with Crippen molar-refractivity contribution in [3.05, 3.63) is 6.33 Å². The van der Waals surface area contributed by atoms with Gasteiger partial charge in [0.1, 0.15) is 11.0 Å². The van der Waals surface area contributed by atoms with Crippen molar-refractivity contribution in [2.45, 2.75) is 38.0 Å². The molecule has 0 spiro atoms. The van der Waals surface area contributed by atoms with E-state index in [2.05, 4.69) is 25.2 Å². The molecule has 1 fully saturated rings. The standard InChI is InChI=1S/C17H25N5OS2/c1-17(2,3)15(23)18-8-11-6-5-7-22(9-11)14-12-13(19-10-20-14)21-16(24-4)25-12/h10-11H,5-9H2,1-4H3,(H,18,23). The number of aromatic nitrogens is 3. The Morgan fingerprint density at radius 1 is 1.44 bits per heavy atom. The van der Waals surface area contributed by atoms with E-state index >= 15 is 0 Å². The predicted molar refractivity (Wildman–Crippen MR) is 104 cm³/mol. The Bertz CT molecular complexity index is 755. The fourth-order valence-corrected chi connectivity index (χ4v) is 4.49. The van der Waals surface area contributed by atoms with Crippen LogP contribution in [-0.4, -0.2) is 46.7 Å². The van der Waals surface area contributed by atoms with Crippen molar-refractivity contribution in [3.63, 3.8) is 0 Å². The van der Waals surface area contributed by atoms with Gasteiger partial charge in [0.05, 0.1) is 0 Å². The number of piperidine rings is 1. The number of hydrogen-bond acceptors (Lipinski definition) is 7. The molecule has 0 saturated carbocycles. The summed E-state index contributed by atoms with van der Waals surface area (Å²) in [7, 11) is 0. The highest BCUT2D eigenvalue weighted by Gasteiger charge is 2.26. The fraction of sp³-hybridized carbons (Fsp3) is 0.647. The number of rotatable bonds is 4. The van der Waals surface area contributed by atoms with Crippen molar-refractivity contribution in [2.24, 2.45) is 11.3 Å². The van der Waals surface area contributed by atoms with Crippen LogP contribution in [0.3, 0.4) is 0 Å². The number of fused-ring (bicyclic) bond motifs is 1. The van der Waals surface area contributed by atoms with E-state index in [0.717, 1.165) is 53.0 Å². The number of amides is 1. The van der Waals surface area contributed by atoms with E-state index in [1.54, 1.807) is 29.4 Å². The van der Waals surface area contributed by atoms with Gasteiger partial charge in [0.2, 0.25) is 5.91 Å². The van der Waals surface area contributed by atoms with Crippen molar-refractivity contribution in [1.29, 1.82) is 0 Å². The normalized spacial score (nSPS) is 18.6. The van der Waals surface area contributed by atoms with Gasteiger partial charge in [0.15, 0.2) is 15.8 Å². The minimum Gasteiger partial charge on any atom is -0.355 e. The first-order chi connectivity index (χ1) is 11.9. The van der Waals surface area contributed by atoms with Crippen LogP contribution < -0.4 is 10.2 Å². The maximum atomic E-state index is 12.1. The summed E-state index contributed by atoms with van der Waals surface area (Å²) < 4.78 is 2.08. The lowest BCUT2D eigenvalue weighted by atomic mass is 9.94. The van der Waals surface area contributed by atoms with E-state index < -0.39 is 0 Å². The zero-order valence-electron chi connectivity index (χ0n) is 15.2. The first-order valence-electron chi connectivity index (χ1n) is 8.57. The molecule has 2 aromatic rings. The van der Waals surface area contributed by atoms with Gasteiger partial charge in [0, 0.05) is 25.0 Å². The second-order valence-electron chi connectivity index (χ2n) is 7.45. The van der Waals surface area contributed by atoms with Crippen LogP contribution in [0.5, 0.6) is 0 Å². The van der Waals surface area contributed by atoms with Gasteiger partial charge in [-0.2, -0.15) is 0 Å². The van der Waals surface area contributed by atoms with Gasteiger partial charge in [0.25, 0.3) is 0 Å². The van der Waals surface area contributed by atoms with Gasteiger partial charge in [-0.15, -0.1) is 11.3 Å². The molecule has 3 rings (SSSR count). The Labute approximate surface area is 156 Å². The van der Waals surface area contributed by atoms with E-state index in [1.165, 1.54) is 0 Å². The van der Waals surface area contributed by atoms with Crippen molar-refractivity contribution < 1.29 is 4.79 Å². The van der Waals surface area contributed by atoms with E-state index in [1.807, 2.05) is 27.0 Å². The van der Waals surface area contributed by atoms with Crippen LogP contribution in [0.15, 0.2) is 10.7 Å².